The molecule has 0 unspecified atom stereocenters. The number of hydrogen-bond donors (Lipinski definition) is 0. The van der Waals surface area contributed by atoms with Crippen LogP contribution in [0.1, 0.15) is 0 Å². The van der Waals surface area contributed by atoms with Crippen LogP contribution in [0.5, 0.6) is 5.75 Å². The van der Waals surface area contributed by atoms with Gasteiger partial charge in [-0.15, -0.1) is 0 Å². The van der Waals surface area contributed by atoms with Gasteiger partial charge in [-0.3, -0.25) is 0 Å². The molecule has 0 saturated heterocycles. The van der Waals surface area contributed by atoms with E-state index in [-0.39, 0.29) is 0 Å². The Labute approximate surface area is 146 Å². The average Bonchev–Trinajstić information content (AvgIpc) is 2.32. The van der Waals surface area contributed by atoms with Crippen LogP contribution in [0, 0.1) is 6.92 Å². The highest BCUT2D eigenvalue weighted by molar-refractivity contribution is 9.11. The van der Waals surface area contributed by atoms with Gasteiger partial charge in [0.15, 0.2) is 0 Å². The first kappa shape index (κ1) is 15.5. The molecule has 0 amide bonds. The molecule has 0 atom stereocenters. The fraction of sp³-hybridized carbons (Fsp3) is 0.0714. The van der Waals surface area contributed by atoms with Gasteiger partial charge in [0, 0.05) is 19.0 Å². The molecule has 2 rings (SSSR count). The molecular formula is C14H9Br4O. The van der Waals surface area contributed by atoms with E-state index in [9.17, 15) is 0 Å². The normalized spacial score (nSPS) is 10.6. The molecule has 0 aliphatic rings. The van der Waals surface area contributed by atoms with Gasteiger partial charge in [0.25, 0.3) is 0 Å². The summed E-state index contributed by atoms with van der Waals surface area (Å²) in [6.45, 7) is 4.12. The zero-order valence-electron chi connectivity index (χ0n) is 9.72. The van der Waals surface area contributed by atoms with Gasteiger partial charge in [0.1, 0.15) is 5.75 Å². The van der Waals surface area contributed by atoms with Crippen molar-refractivity contribution < 1.29 is 4.74 Å². The second kappa shape index (κ2) is 6.74. The Bertz CT molecular complexity index is 611. The molecule has 0 saturated carbocycles. The topological polar surface area (TPSA) is 9.23 Å². The van der Waals surface area contributed by atoms with Crippen molar-refractivity contribution in [2.45, 2.75) is 0 Å². The molecule has 99 valence electrons. The number of hydrogen-bond acceptors (Lipinski definition) is 1. The van der Waals surface area contributed by atoms with Crippen molar-refractivity contribution in [3.8, 4) is 16.9 Å². The van der Waals surface area contributed by atoms with E-state index in [4.69, 9.17) is 4.74 Å². The van der Waals surface area contributed by atoms with Crippen molar-refractivity contribution in [1.29, 1.82) is 0 Å². The van der Waals surface area contributed by atoms with Crippen LogP contribution in [0.3, 0.4) is 0 Å². The van der Waals surface area contributed by atoms with Crippen molar-refractivity contribution in [3.05, 3.63) is 55.1 Å². The maximum Gasteiger partial charge on any atom is 0.141 e. The van der Waals surface area contributed by atoms with Crippen LogP contribution in [0.25, 0.3) is 11.1 Å². The zero-order chi connectivity index (χ0) is 14.0. The van der Waals surface area contributed by atoms with Gasteiger partial charge in [0.05, 0.1) is 11.1 Å². The molecule has 1 radical (unpaired) electrons. The highest BCUT2D eigenvalue weighted by atomic mass is 79.9. The number of benzene rings is 2. The largest absolute Gasteiger partial charge is 0.492 e. The van der Waals surface area contributed by atoms with Gasteiger partial charge >= 0.3 is 0 Å². The minimum Gasteiger partial charge on any atom is -0.492 e. The fourth-order valence-corrected chi connectivity index (χ4v) is 4.32. The minimum absolute atomic E-state index is 0.376. The number of ether oxygens (including phenoxy) is 1. The third-order valence-electron chi connectivity index (χ3n) is 2.48. The summed E-state index contributed by atoms with van der Waals surface area (Å²) >= 11 is 14.1. The van der Waals surface area contributed by atoms with Crippen LogP contribution in [-0.4, -0.2) is 6.61 Å². The summed E-state index contributed by atoms with van der Waals surface area (Å²) in [5.41, 5.74) is 2.07. The summed E-state index contributed by atoms with van der Waals surface area (Å²) in [5, 5.41) is 0. The van der Waals surface area contributed by atoms with Crippen molar-refractivity contribution in [3.63, 3.8) is 0 Å². The monoisotopic (exact) mass is 509 g/mol. The van der Waals surface area contributed by atoms with E-state index >= 15 is 0 Å². The Balaban J connectivity index is 2.66. The van der Waals surface area contributed by atoms with Crippen LogP contribution in [0.2, 0.25) is 0 Å². The maximum atomic E-state index is 5.65. The molecule has 1 nitrogen and oxygen atoms in total. The van der Waals surface area contributed by atoms with Gasteiger partial charge in [0.2, 0.25) is 0 Å². The van der Waals surface area contributed by atoms with Gasteiger partial charge in [-0.1, -0.05) is 53.9 Å². The van der Waals surface area contributed by atoms with Crippen LogP contribution in [0.4, 0.5) is 0 Å². The molecule has 0 aromatic heterocycles. The SMILES string of the molecule is [CH2]COc1c(Br)cc(Br)cc1-c1ccc(Br)cc1Br. The summed E-state index contributed by atoms with van der Waals surface area (Å²) in [4.78, 5) is 0. The summed E-state index contributed by atoms with van der Waals surface area (Å²) in [6.07, 6.45) is 0. The molecule has 2 aromatic rings. The van der Waals surface area contributed by atoms with Crippen molar-refractivity contribution in [1.82, 2.24) is 0 Å². The first-order valence-corrected chi connectivity index (χ1v) is 8.56. The third-order valence-corrected chi connectivity index (χ3v) is 4.67. The lowest BCUT2D eigenvalue weighted by molar-refractivity contribution is 0.360. The van der Waals surface area contributed by atoms with Crippen molar-refractivity contribution >= 4 is 63.7 Å². The lowest BCUT2D eigenvalue weighted by Crippen LogP contribution is -1.96. The molecule has 0 aliphatic carbocycles. The molecule has 2 aromatic carbocycles. The van der Waals surface area contributed by atoms with Gasteiger partial charge in [-0.05, 0) is 52.7 Å². The Morgan fingerprint density at radius 1 is 0.842 bits per heavy atom. The summed E-state index contributed by atoms with van der Waals surface area (Å²) in [5.74, 6) is 0.793. The van der Waals surface area contributed by atoms with Crippen LogP contribution in [-0.2, 0) is 0 Å². The Kier molecular flexibility index (Phi) is 5.52. The van der Waals surface area contributed by atoms with Crippen molar-refractivity contribution in [2.24, 2.45) is 0 Å². The first-order chi connectivity index (χ1) is 9.02. The zero-order valence-corrected chi connectivity index (χ0v) is 16.1. The predicted molar refractivity (Wildman–Crippen MR) is 93.5 cm³/mol. The first-order valence-electron chi connectivity index (χ1n) is 5.39. The third kappa shape index (κ3) is 3.63. The smallest absolute Gasteiger partial charge is 0.141 e. The quantitative estimate of drug-likeness (QED) is 0.449. The van der Waals surface area contributed by atoms with Gasteiger partial charge in [-0.25, -0.2) is 0 Å². The summed E-state index contributed by atoms with van der Waals surface area (Å²) in [7, 11) is 0. The van der Waals surface area contributed by atoms with E-state index in [1.807, 2.05) is 30.3 Å². The molecule has 5 heteroatoms. The molecule has 0 bridgehead atoms. The van der Waals surface area contributed by atoms with Crippen LogP contribution < -0.4 is 4.74 Å². The molecule has 0 aliphatic heterocycles. The molecule has 19 heavy (non-hydrogen) atoms. The van der Waals surface area contributed by atoms with E-state index in [2.05, 4.69) is 70.6 Å². The van der Waals surface area contributed by atoms with Gasteiger partial charge in [-0.2, -0.15) is 0 Å². The molecule has 0 N–H and O–H groups in total. The number of rotatable bonds is 3. The Morgan fingerprint density at radius 3 is 2.16 bits per heavy atom. The Hall–Kier alpha value is 0.160. The summed E-state index contributed by atoms with van der Waals surface area (Å²) < 4.78 is 9.56. The predicted octanol–water partition coefficient (Wildman–Crippen LogP) is 6.62. The van der Waals surface area contributed by atoms with E-state index in [0.29, 0.717) is 6.61 Å². The second-order valence-electron chi connectivity index (χ2n) is 3.74. The molecule has 0 spiro atoms. The average molecular weight is 513 g/mol. The fourth-order valence-electron chi connectivity index (χ4n) is 1.72. The van der Waals surface area contributed by atoms with Crippen molar-refractivity contribution in [2.75, 3.05) is 6.61 Å². The van der Waals surface area contributed by atoms with Crippen LogP contribution >= 0.6 is 63.7 Å². The molecule has 0 fully saturated rings. The standard InChI is InChI=1S/C14H9Br4O/c1-2-19-14-11(5-9(16)7-13(14)18)10-4-3-8(15)6-12(10)17/h3-7H,1-2H2. The lowest BCUT2D eigenvalue weighted by atomic mass is 10.0. The van der Waals surface area contributed by atoms with Gasteiger partial charge < -0.3 is 4.74 Å². The minimum atomic E-state index is 0.376. The second-order valence-corrected chi connectivity index (χ2v) is 7.28. The van der Waals surface area contributed by atoms with E-state index < -0.39 is 0 Å². The maximum absolute atomic E-state index is 5.65. The summed E-state index contributed by atoms with van der Waals surface area (Å²) in [6, 6.07) is 10.0. The lowest BCUT2D eigenvalue weighted by Gasteiger charge is -2.14. The molecule has 0 heterocycles. The van der Waals surface area contributed by atoms with E-state index in [1.54, 1.807) is 0 Å². The highest BCUT2D eigenvalue weighted by Crippen LogP contribution is 2.42. The molecular weight excluding hydrogens is 504 g/mol. The van der Waals surface area contributed by atoms with E-state index in [1.165, 1.54) is 0 Å². The highest BCUT2D eigenvalue weighted by Gasteiger charge is 2.14. The van der Waals surface area contributed by atoms with E-state index in [0.717, 1.165) is 34.8 Å². The van der Waals surface area contributed by atoms with Crippen LogP contribution in [0.15, 0.2) is 48.2 Å². The Morgan fingerprint density at radius 2 is 1.53 bits per heavy atom. The number of halogens is 4.